The van der Waals surface area contributed by atoms with Gasteiger partial charge in [-0.15, -0.1) is 0 Å². The van der Waals surface area contributed by atoms with Crippen LogP contribution in [0.15, 0.2) is 11.5 Å². The van der Waals surface area contributed by atoms with Gasteiger partial charge in [0.05, 0.1) is 12.1 Å². The van der Waals surface area contributed by atoms with Crippen molar-refractivity contribution in [2.24, 2.45) is 0 Å². The molecule has 0 heterocycles. The van der Waals surface area contributed by atoms with Gasteiger partial charge < -0.3 is 15.5 Å². The lowest BCUT2D eigenvalue weighted by molar-refractivity contribution is -0.136. The second-order valence-electron chi connectivity index (χ2n) is 3.17. The van der Waals surface area contributed by atoms with Crippen LogP contribution in [-0.2, 0) is 9.59 Å². The van der Waals surface area contributed by atoms with E-state index in [0.29, 0.717) is 25.0 Å². The van der Waals surface area contributed by atoms with Gasteiger partial charge in [-0.25, -0.2) is 0 Å². The number of Topliss-reactive ketones (excluding diaryl/α,β-unsaturated/α-hetero) is 1. The average Bonchev–Trinajstić information content (AvgIpc) is 2.12. The van der Waals surface area contributed by atoms with Gasteiger partial charge in [-0.05, 0) is 12.8 Å². The van der Waals surface area contributed by atoms with Gasteiger partial charge in [0, 0.05) is 13.0 Å². The van der Waals surface area contributed by atoms with Crippen molar-refractivity contribution in [3.05, 3.63) is 11.5 Å². The predicted octanol–water partition coefficient (Wildman–Crippen LogP) is 0.573. The van der Waals surface area contributed by atoms with E-state index < -0.39 is 5.97 Å². The highest BCUT2D eigenvalue weighted by molar-refractivity contribution is 5.94. The SMILES string of the molecule is O=C(O)CCNC1=C(O)C(=O)CCC1. The van der Waals surface area contributed by atoms with Gasteiger partial charge in [0.15, 0.2) is 11.5 Å². The molecule has 0 aromatic rings. The third-order valence-corrected chi connectivity index (χ3v) is 2.06. The Kier molecular flexibility index (Phi) is 3.50. The van der Waals surface area contributed by atoms with Crippen LogP contribution in [0.4, 0.5) is 0 Å². The van der Waals surface area contributed by atoms with Gasteiger partial charge in [0.25, 0.3) is 0 Å². The number of allylic oxidation sites excluding steroid dienone is 2. The molecular weight excluding hydrogens is 186 g/mol. The quantitative estimate of drug-likeness (QED) is 0.616. The molecule has 0 saturated heterocycles. The molecule has 78 valence electrons. The maximum absolute atomic E-state index is 11.0. The monoisotopic (exact) mass is 199 g/mol. The highest BCUT2D eigenvalue weighted by atomic mass is 16.4. The van der Waals surface area contributed by atoms with Crippen LogP contribution in [0.25, 0.3) is 0 Å². The normalized spacial score (nSPS) is 17.0. The Hall–Kier alpha value is -1.52. The molecule has 0 aromatic heterocycles. The minimum absolute atomic E-state index is 0.0228. The summed E-state index contributed by atoms with van der Waals surface area (Å²) in [7, 11) is 0. The third kappa shape index (κ3) is 2.76. The van der Waals surface area contributed by atoms with Crippen molar-refractivity contribution < 1.29 is 19.8 Å². The summed E-state index contributed by atoms with van der Waals surface area (Å²) in [5.74, 6) is -1.41. The van der Waals surface area contributed by atoms with Gasteiger partial charge in [-0.3, -0.25) is 9.59 Å². The zero-order chi connectivity index (χ0) is 10.6. The van der Waals surface area contributed by atoms with Crippen LogP contribution in [0.5, 0.6) is 0 Å². The van der Waals surface area contributed by atoms with Crippen LogP contribution in [0.1, 0.15) is 25.7 Å². The number of carbonyl (C=O) groups is 2. The number of nitrogens with one attached hydrogen (secondary N) is 1. The Labute approximate surface area is 81.4 Å². The number of aliphatic carboxylic acids is 1. The van der Waals surface area contributed by atoms with E-state index in [4.69, 9.17) is 5.11 Å². The topological polar surface area (TPSA) is 86.6 Å². The second kappa shape index (κ2) is 4.64. The Morgan fingerprint density at radius 3 is 2.79 bits per heavy atom. The summed E-state index contributed by atoms with van der Waals surface area (Å²) in [6, 6.07) is 0. The van der Waals surface area contributed by atoms with Crippen molar-refractivity contribution in [1.82, 2.24) is 5.32 Å². The first kappa shape index (κ1) is 10.6. The van der Waals surface area contributed by atoms with Crippen LogP contribution in [0.2, 0.25) is 0 Å². The molecule has 5 nitrogen and oxygen atoms in total. The lowest BCUT2D eigenvalue weighted by Crippen LogP contribution is -2.24. The fourth-order valence-corrected chi connectivity index (χ4v) is 1.32. The van der Waals surface area contributed by atoms with E-state index in [1.54, 1.807) is 0 Å². The minimum Gasteiger partial charge on any atom is -0.503 e. The van der Waals surface area contributed by atoms with E-state index in [-0.39, 0.29) is 24.5 Å². The lowest BCUT2D eigenvalue weighted by atomic mass is 10.0. The highest BCUT2D eigenvalue weighted by Gasteiger charge is 2.19. The molecule has 0 unspecified atom stereocenters. The molecule has 3 N–H and O–H groups in total. The van der Waals surface area contributed by atoms with E-state index in [0.717, 1.165) is 0 Å². The summed E-state index contributed by atoms with van der Waals surface area (Å²) < 4.78 is 0. The number of hydrogen-bond acceptors (Lipinski definition) is 4. The Balaban J connectivity index is 2.46. The fraction of sp³-hybridized carbons (Fsp3) is 0.556. The number of hydrogen-bond donors (Lipinski definition) is 3. The molecule has 0 bridgehead atoms. The van der Waals surface area contributed by atoms with Gasteiger partial charge in [-0.1, -0.05) is 0 Å². The molecule has 14 heavy (non-hydrogen) atoms. The summed E-state index contributed by atoms with van der Waals surface area (Å²) in [6.07, 6.45) is 1.66. The molecule has 1 aliphatic rings. The fourth-order valence-electron chi connectivity index (χ4n) is 1.32. The number of carboxylic acid groups (broad SMARTS) is 1. The first-order valence-corrected chi connectivity index (χ1v) is 4.52. The van der Waals surface area contributed by atoms with Crippen molar-refractivity contribution in [2.75, 3.05) is 6.54 Å². The number of ketones is 1. The van der Waals surface area contributed by atoms with E-state index in [1.165, 1.54) is 0 Å². The van der Waals surface area contributed by atoms with E-state index in [2.05, 4.69) is 5.32 Å². The Bertz CT molecular complexity index is 283. The van der Waals surface area contributed by atoms with Crippen molar-refractivity contribution in [1.29, 1.82) is 0 Å². The van der Waals surface area contributed by atoms with Crippen LogP contribution >= 0.6 is 0 Å². The molecule has 0 radical (unpaired) electrons. The van der Waals surface area contributed by atoms with Crippen LogP contribution < -0.4 is 5.32 Å². The summed E-state index contributed by atoms with van der Waals surface area (Å²) in [5, 5.41) is 20.5. The maximum atomic E-state index is 11.0. The Morgan fingerprint density at radius 1 is 1.43 bits per heavy atom. The second-order valence-corrected chi connectivity index (χ2v) is 3.17. The molecule has 1 aliphatic carbocycles. The summed E-state index contributed by atoms with van der Waals surface area (Å²) >= 11 is 0. The zero-order valence-electron chi connectivity index (χ0n) is 7.75. The van der Waals surface area contributed by atoms with Gasteiger partial charge in [0.1, 0.15) is 0 Å². The molecule has 0 saturated carbocycles. The van der Waals surface area contributed by atoms with Gasteiger partial charge in [-0.2, -0.15) is 0 Å². The number of aliphatic hydroxyl groups excluding tert-OH is 1. The largest absolute Gasteiger partial charge is 0.503 e. The molecule has 0 aliphatic heterocycles. The number of rotatable bonds is 4. The molecule has 5 heteroatoms. The van der Waals surface area contributed by atoms with Crippen LogP contribution in [0.3, 0.4) is 0 Å². The standard InChI is InChI=1S/C9H13NO4/c11-7-3-1-2-6(9(7)14)10-5-4-8(12)13/h10,14H,1-5H2,(H,12,13). The highest BCUT2D eigenvalue weighted by Crippen LogP contribution is 2.17. The number of aliphatic hydroxyl groups is 1. The molecule has 0 fully saturated rings. The average molecular weight is 199 g/mol. The Morgan fingerprint density at radius 2 is 2.14 bits per heavy atom. The summed E-state index contributed by atoms with van der Waals surface area (Å²) in [6.45, 7) is 0.238. The lowest BCUT2D eigenvalue weighted by Gasteiger charge is -2.16. The van der Waals surface area contributed by atoms with Crippen molar-refractivity contribution in [3.8, 4) is 0 Å². The van der Waals surface area contributed by atoms with Gasteiger partial charge in [0.2, 0.25) is 0 Å². The summed E-state index contributed by atoms with van der Waals surface area (Å²) in [5.41, 5.74) is 0.475. The predicted molar refractivity (Wildman–Crippen MR) is 48.8 cm³/mol. The van der Waals surface area contributed by atoms with Crippen molar-refractivity contribution in [3.63, 3.8) is 0 Å². The van der Waals surface area contributed by atoms with Crippen LogP contribution in [-0.4, -0.2) is 28.5 Å². The minimum atomic E-state index is -0.903. The number of carbonyl (C=O) groups excluding carboxylic acids is 1. The molecule has 0 spiro atoms. The van der Waals surface area contributed by atoms with Crippen molar-refractivity contribution in [2.45, 2.75) is 25.7 Å². The summed E-state index contributed by atoms with van der Waals surface area (Å²) in [4.78, 5) is 21.2. The number of carboxylic acids is 1. The van der Waals surface area contributed by atoms with E-state index >= 15 is 0 Å². The molecule has 0 aromatic carbocycles. The molecule has 1 rings (SSSR count). The van der Waals surface area contributed by atoms with E-state index in [1.807, 2.05) is 0 Å². The first-order valence-electron chi connectivity index (χ1n) is 4.52. The molecule has 0 amide bonds. The molecular formula is C9H13NO4. The molecule has 0 atom stereocenters. The zero-order valence-corrected chi connectivity index (χ0v) is 7.75. The third-order valence-electron chi connectivity index (χ3n) is 2.06. The van der Waals surface area contributed by atoms with Crippen LogP contribution in [0, 0.1) is 0 Å². The van der Waals surface area contributed by atoms with Crippen molar-refractivity contribution >= 4 is 11.8 Å². The smallest absolute Gasteiger partial charge is 0.305 e. The maximum Gasteiger partial charge on any atom is 0.305 e. The van der Waals surface area contributed by atoms with E-state index in [9.17, 15) is 14.7 Å². The van der Waals surface area contributed by atoms with Gasteiger partial charge >= 0.3 is 5.97 Å². The first-order chi connectivity index (χ1) is 6.61.